The predicted molar refractivity (Wildman–Crippen MR) is 138 cm³/mol. The number of aliphatic hydroxyl groups is 4. The van der Waals surface area contributed by atoms with Crippen LogP contribution in [-0.2, 0) is 20.9 Å². The maximum absolute atomic E-state index is 13.7. The second kappa shape index (κ2) is 9.22. The van der Waals surface area contributed by atoms with Crippen LogP contribution in [-0.4, -0.2) is 75.1 Å². The molecule has 1 unspecified atom stereocenters. The Morgan fingerprint density at radius 1 is 1.15 bits per heavy atom. The summed E-state index contributed by atoms with van der Waals surface area (Å²) in [5.41, 5.74) is 3.41. The highest BCUT2D eigenvalue weighted by Gasteiger charge is 2.63. The van der Waals surface area contributed by atoms with E-state index in [0.717, 1.165) is 17.1 Å². The molecule has 0 aromatic carbocycles. The summed E-state index contributed by atoms with van der Waals surface area (Å²) in [7, 11) is 3.20. The van der Waals surface area contributed by atoms with Crippen LogP contribution in [0.15, 0.2) is 56.1 Å². The second-order valence-electron chi connectivity index (χ2n) is 11.1. The van der Waals surface area contributed by atoms with E-state index in [9.17, 15) is 34.8 Å². The fraction of sp³-hybridized carbons (Fsp3) is 0.464. The highest BCUT2D eigenvalue weighted by atomic mass is 16.4. The number of carbonyl (C=O) groups excluding carboxylic acids is 3. The van der Waals surface area contributed by atoms with Crippen LogP contribution in [0.2, 0.25) is 0 Å². The van der Waals surface area contributed by atoms with Crippen molar-refractivity contribution in [3.8, 4) is 0 Å². The van der Waals surface area contributed by atoms with Gasteiger partial charge in [0.15, 0.2) is 11.4 Å². The van der Waals surface area contributed by atoms with Crippen molar-refractivity contribution in [1.82, 2.24) is 10.2 Å². The van der Waals surface area contributed by atoms with Crippen molar-refractivity contribution in [3.05, 3.63) is 68.8 Å². The van der Waals surface area contributed by atoms with Gasteiger partial charge in [0.2, 0.25) is 5.78 Å². The normalized spacial score (nSPS) is 30.6. The fourth-order valence-electron chi connectivity index (χ4n) is 6.66. The molecule has 1 amide bonds. The number of amides is 1. The van der Waals surface area contributed by atoms with Gasteiger partial charge >= 0.3 is 0 Å². The number of likely N-dealkylation sites (N-methyl/N-ethyl adjacent to an activating group) is 1. The van der Waals surface area contributed by atoms with E-state index < -0.39 is 64.0 Å². The molecule has 0 aliphatic heterocycles. The molecule has 1 aromatic heterocycles. The molecule has 11 nitrogen and oxygen atoms in total. The predicted octanol–water partition coefficient (Wildman–Crippen LogP) is 1.32. The van der Waals surface area contributed by atoms with Gasteiger partial charge in [0.25, 0.3) is 5.91 Å². The lowest BCUT2D eigenvalue weighted by atomic mass is 9.58. The molecule has 5 atom stereocenters. The average molecular weight is 540 g/mol. The summed E-state index contributed by atoms with van der Waals surface area (Å²) in [6, 6.07) is 0.919. The SMILES string of the molecule is Cc1cc(CNCC2=CC3C[C@H]4C[C@H]5[C@H](N(C)C)C(O)=C(C(N)=O)C(=O)[C@@]5(O)C(O)=C4C(=O)C3=C2O)oc1C. The molecular weight excluding hydrogens is 506 g/mol. The number of carbonyl (C=O) groups is 3. The number of hydrogen-bond donors (Lipinski definition) is 6. The monoisotopic (exact) mass is 539 g/mol. The van der Waals surface area contributed by atoms with Crippen LogP contribution in [0.3, 0.4) is 0 Å². The molecule has 0 radical (unpaired) electrons. The number of hydrogen-bond acceptors (Lipinski definition) is 10. The van der Waals surface area contributed by atoms with Crippen molar-refractivity contribution in [2.75, 3.05) is 20.6 Å². The first kappa shape index (κ1) is 26.9. The van der Waals surface area contributed by atoms with Crippen LogP contribution >= 0.6 is 0 Å². The molecule has 0 bridgehead atoms. The standard InChI is InChI=1S/C28H33N3O8/c1-11-5-16(39-12(11)2)10-30-9-15-7-13-6-14-8-17-21(31(3)4)24(34)20(27(29)37)26(36)28(17,38)25(35)19(14)23(33)18(13)22(15)32/h5,7,13-14,17,21,30,32,34-35,38H,6,8-10H2,1-4H3,(H2,29,37)/t13?,14-,17-,21-,28-/m0/s1. The Bertz CT molecular complexity index is 1410. The van der Waals surface area contributed by atoms with Gasteiger partial charge in [0, 0.05) is 35.1 Å². The third kappa shape index (κ3) is 3.87. The Balaban J connectivity index is 1.47. The van der Waals surface area contributed by atoms with Crippen LogP contribution in [0.5, 0.6) is 0 Å². The molecule has 208 valence electrons. The van der Waals surface area contributed by atoms with Crippen molar-refractivity contribution in [1.29, 1.82) is 0 Å². The molecule has 11 heteroatoms. The van der Waals surface area contributed by atoms with Gasteiger partial charge in [-0.2, -0.15) is 0 Å². The summed E-state index contributed by atoms with van der Waals surface area (Å²) in [5, 5.41) is 47.9. The molecular formula is C28H33N3O8. The molecule has 1 aromatic rings. The smallest absolute Gasteiger partial charge is 0.255 e. The molecule has 1 saturated carbocycles. The summed E-state index contributed by atoms with van der Waals surface area (Å²) in [6.45, 7) is 4.51. The highest BCUT2D eigenvalue weighted by molar-refractivity contribution is 6.24. The van der Waals surface area contributed by atoms with E-state index in [4.69, 9.17) is 10.2 Å². The van der Waals surface area contributed by atoms with Gasteiger partial charge in [0.1, 0.15) is 34.4 Å². The molecule has 0 saturated heterocycles. The zero-order valence-corrected chi connectivity index (χ0v) is 22.2. The van der Waals surface area contributed by atoms with Crippen molar-refractivity contribution in [3.63, 3.8) is 0 Å². The molecule has 1 fully saturated rings. The van der Waals surface area contributed by atoms with E-state index in [1.54, 1.807) is 14.1 Å². The average Bonchev–Trinajstić information content (AvgIpc) is 3.33. The summed E-state index contributed by atoms with van der Waals surface area (Å²) in [5.74, 6) is -5.22. The van der Waals surface area contributed by atoms with E-state index in [1.165, 1.54) is 4.90 Å². The van der Waals surface area contributed by atoms with Crippen LogP contribution in [0.25, 0.3) is 0 Å². The van der Waals surface area contributed by atoms with Crippen molar-refractivity contribution >= 4 is 17.5 Å². The van der Waals surface area contributed by atoms with Gasteiger partial charge in [0.05, 0.1) is 12.6 Å². The Labute approximate surface area is 225 Å². The quantitative estimate of drug-likeness (QED) is 0.288. The third-order valence-corrected chi connectivity index (χ3v) is 8.58. The van der Waals surface area contributed by atoms with Gasteiger partial charge in [-0.15, -0.1) is 0 Å². The maximum atomic E-state index is 13.7. The minimum atomic E-state index is -2.63. The highest BCUT2D eigenvalue weighted by Crippen LogP contribution is 2.54. The number of fused-ring (bicyclic) bond motifs is 3. The lowest BCUT2D eigenvalue weighted by Crippen LogP contribution is -2.63. The van der Waals surface area contributed by atoms with Gasteiger partial charge in [-0.05, 0) is 58.3 Å². The third-order valence-electron chi connectivity index (χ3n) is 8.58. The van der Waals surface area contributed by atoms with Crippen LogP contribution in [0, 0.1) is 31.6 Å². The first-order valence-electron chi connectivity index (χ1n) is 12.8. The second-order valence-corrected chi connectivity index (χ2v) is 11.1. The van der Waals surface area contributed by atoms with E-state index in [-0.39, 0.29) is 29.9 Å². The lowest BCUT2D eigenvalue weighted by molar-refractivity contribution is -0.149. The van der Waals surface area contributed by atoms with Gasteiger partial charge in [-0.1, -0.05) is 6.08 Å². The largest absolute Gasteiger partial charge is 0.510 e. The molecule has 39 heavy (non-hydrogen) atoms. The topological polar surface area (TPSA) is 187 Å². The van der Waals surface area contributed by atoms with E-state index in [0.29, 0.717) is 18.5 Å². The first-order valence-corrected chi connectivity index (χ1v) is 12.8. The summed E-state index contributed by atoms with van der Waals surface area (Å²) in [6.07, 6.45) is 2.25. The summed E-state index contributed by atoms with van der Waals surface area (Å²) in [4.78, 5) is 40.6. The van der Waals surface area contributed by atoms with E-state index >= 15 is 0 Å². The van der Waals surface area contributed by atoms with E-state index in [2.05, 4.69) is 5.32 Å². The Kier molecular flexibility index (Phi) is 6.36. The minimum absolute atomic E-state index is 0.0789. The number of Topliss-reactive ketones (excluding diaryl/α,β-unsaturated/α-hetero) is 2. The molecule has 1 heterocycles. The molecule has 4 aliphatic carbocycles. The Hall–Kier alpha value is -3.67. The number of allylic oxidation sites excluding steroid dienone is 3. The number of nitrogens with two attached hydrogens (primary N) is 1. The zero-order chi connectivity index (χ0) is 28.5. The van der Waals surface area contributed by atoms with Crippen molar-refractivity contribution in [2.45, 2.75) is 44.9 Å². The van der Waals surface area contributed by atoms with Gasteiger partial charge in [-0.25, -0.2) is 0 Å². The molecule has 4 aliphatic rings. The minimum Gasteiger partial charge on any atom is -0.510 e. The molecule has 0 spiro atoms. The first-order chi connectivity index (χ1) is 18.3. The van der Waals surface area contributed by atoms with Crippen molar-refractivity contribution in [2.24, 2.45) is 23.5 Å². The maximum Gasteiger partial charge on any atom is 0.255 e. The number of primary amides is 1. The molecule has 5 rings (SSSR count). The Morgan fingerprint density at radius 3 is 2.44 bits per heavy atom. The number of aliphatic hydroxyl groups excluding tert-OH is 3. The summed E-state index contributed by atoms with van der Waals surface area (Å²) >= 11 is 0. The van der Waals surface area contributed by atoms with Crippen LogP contribution in [0.1, 0.15) is 29.9 Å². The van der Waals surface area contributed by atoms with Crippen LogP contribution in [0.4, 0.5) is 0 Å². The zero-order valence-electron chi connectivity index (χ0n) is 22.2. The number of rotatable bonds is 6. The fourth-order valence-corrected chi connectivity index (χ4v) is 6.66. The number of furan rings is 1. The number of nitrogens with zero attached hydrogens (tertiary/aromatic N) is 1. The number of nitrogens with one attached hydrogen (secondary N) is 1. The number of aryl methyl sites for hydroxylation is 2. The lowest BCUT2D eigenvalue weighted by Gasteiger charge is -2.50. The molecule has 7 N–H and O–H groups in total. The number of ketones is 2. The van der Waals surface area contributed by atoms with Crippen molar-refractivity contribution < 1.29 is 39.2 Å². The Morgan fingerprint density at radius 2 is 1.85 bits per heavy atom. The van der Waals surface area contributed by atoms with Gasteiger partial charge < -0.3 is 35.9 Å². The summed E-state index contributed by atoms with van der Waals surface area (Å²) < 4.78 is 5.66. The van der Waals surface area contributed by atoms with Gasteiger partial charge in [-0.3, -0.25) is 19.3 Å². The van der Waals surface area contributed by atoms with Crippen LogP contribution < -0.4 is 11.1 Å². The van der Waals surface area contributed by atoms with E-state index in [1.807, 2.05) is 26.0 Å².